The molecule has 9 heteroatoms. The number of benzene rings is 2. The summed E-state index contributed by atoms with van der Waals surface area (Å²) in [6, 6.07) is 14.2. The number of likely N-dealkylation sites (N-methyl/N-ethyl adjacent to an activating group) is 1. The molecule has 0 radical (unpaired) electrons. The fraction of sp³-hybridized carbons (Fsp3) is 0.261. The Morgan fingerprint density at radius 3 is 2.59 bits per heavy atom. The van der Waals surface area contributed by atoms with Gasteiger partial charge in [-0.05, 0) is 43.4 Å². The molecule has 32 heavy (non-hydrogen) atoms. The van der Waals surface area contributed by atoms with Gasteiger partial charge in [-0.2, -0.15) is 0 Å². The molecule has 6 nitrogen and oxygen atoms in total. The van der Waals surface area contributed by atoms with Gasteiger partial charge in [0.15, 0.2) is 5.13 Å². The number of thiazole rings is 1. The molecule has 0 bridgehead atoms. The van der Waals surface area contributed by atoms with Crippen LogP contribution in [0.1, 0.15) is 24.2 Å². The number of carbonyl (C=O) groups excluding carboxylic acids is 1. The second-order valence-corrected chi connectivity index (χ2v) is 8.52. The first-order valence-electron chi connectivity index (χ1n) is 10.1. The van der Waals surface area contributed by atoms with E-state index in [1.165, 1.54) is 11.3 Å². The molecule has 168 valence electrons. The fourth-order valence-electron chi connectivity index (χ4n) is 3.42. The van der Waals surface area contributed by atoms with Crippen molar-refractivity contribution in [2.75, 3.05) is 31.1 Å². The van der Waals surface area contributed by atoms with E-state index in [2.05, 4.69) is 23.7 Å². The lowest BCUT2D eigenvalue weighted by molar-refractivity contribution is 0.0980. The van der Waals surface area contributed by atoms with Crippen LogP contribution in [0.4, 0.5) is 5.13 Å². The lowest BCUT2D eigenvalue weighted by Crippen LogP contribution is -2.40. The van der Waals surface area contributed by atoms with Crippen LogP contribution in [0.25, 0.3) is 21.2 Å². The third kappa shape index (κ3) is 4.96. The number of aromatic nitrogens is 1. The summed E-state index contributed by atoms with van der Waals surface area (Å²) in [7, 11) is 0. The van der Waals surface area contributed by atoms with Crippen LogP contribution in [-0.4, -0.2) is 42.0 Å². The molecule has 0 fully saturated rings. The number of rotatable bonds is 7. The molecule has 0 saturated heterocycles. The number of para-hydroxylation sites is 1. The lowest BCUT2D eigenvalue weighted by atomic mass is 10.1. The number of nitrogens with zero attached hydrogens (tertiary/aromatic N) is 3. The lowest BCUT2D eigenvalue weighted by Gasteiger charge is -2.24. The number of halogens is 2. The Hall–Kier alpha value is -2.45. The summed E-state index contributed by atoms with van der Waals surface area (Å²) in [6.45, 7) is 6.95. The Labute approximate surface area is 200 Å². The quantitative estimate of drug-likeness (QED) is 0.320. The van der Waals surface area contributed by atoms with E-state index in [9.17, 15) is 9.59 Å². The first kappa shape index (κ1) is 24.2. The average molecular weight is 492 g/mol. The molecule has 2 aromatic carbocycles. The minimum absolute atomic E-state index is 0. The summed E-state index contributed by atoms with van der Waals surface area (Å²) in [4.78, 5) is 34.6. The van der Waals surface area contributed by atoms with E-state index >= 15 is 0 Å². The SMILES string of the molecule is CCN(CC)CCN(C(=O)c1cc2ccccc2oc1=O)c1nc2ccc(Cl)cc2s1.Cl. The van der Waals surface area contributed by atoms with Crippen molar-refractivity contribution in [2.45, 2.75) is 13.8 Å². The van der Waals surface area contributed by atoms with Gasteiger partial charge >= 0.3 is 5.63 Å². The normalized spacial score (nSPS) is 11.1. The number of carbonyl (C=O) groups is 1. The van der Waals surface area contributed by atoms with Gasteiger partial charge in [0.05, 0.1) is 10.2 Å². The third-order valence-electron chi connectivity index (χ3n) is 5.22. The highest BCUT2D eigenvalue weighted by Crippen LogP contribution is 2.31. The summed E-state index contributed by atoms with van der Waals surface area (Å²) in [6.07, 6.45) is 0. The molecule has 0 saturated carbocycles. The van der Waals surface area contributed by atoms with Gasteiger partial charge in [0, 0.05) is 23.5 Å². The molecule has 4 rings (SSSR count). The number of hydrogen-bond donors (Lipinski definition) is 0. The molecule has 2 heterocycles. The first-order chi connectivity index (χ1) is 15.0. The van der Waals surface area contributed by atoms with E-state index in [-0.39, 0.29) is 18.0 Å². The van der Waals surface area contributed by atoms with Crippen LogP contribution in [0.5, 0.6) is 0 Å². The zero-order valence-corrected chi connectivity index (χ0v) is 20.1. The first-order valence-corrected chi connectivity index (χ1v) is 11.3. The Bertz CT molecular complexity index is 1300. The Morgan fingerprint density at radius 1 is 1.09 bits per heavy atom. The number of fused-ring (bicyclic) bond motifs is 2. The van der Waals surface area contributed by atoms with Crippen molar-refractivity contribution in [1.82, 2.24) is 9.88 Å². The van der Waals surface area contributed by atoms with Gasteiger partial charge in [-0.1, -0.05) is 55.0 Å². The monoisotopic (exact) mass is 491 g/mol. The molecule has 2 aromatic heterocycles. The third-order valence-corrected chi connectivity index (χ3v) is 6.50. The predicted molar refractivity (Wildman–Crippen MR) is 134 cm³/mol. The summed E-state index contributed by atoms with van der Waals surface area (Å²) in [5.74, 6) is -0.420. The highest BCUT2D eigenvalue weighted by atomic mass is 35.5. The molecule has 0 spiro atoms. The molecule has 0 atom stereocenters. The maximum atomic E-state index is 13.5. The molecule has 1 amide bonds. The molecule has 0 aliphatic heterocycles. The van der Waals surface area contributed by atoms with Gasteiger partial charge in [0.2, 0.25) is 0 Å². The Morgan fingerprint density at radius 2 is 1.84 bits per heavy atom. The highest BCUT2D eigenvalue weighted by molar-refractivity contribution is 7.22. The zero-order valence-electron chi connectivity index (χ0n) is 17.7. The van der Waals surface area contributed by atoms with Crippen molar-refractivity contribution < 1.29 is 9.21 Å². The molecular formula is C23H23Cl2N3O3S. The van der Waals surface area contributed by atoms with E-state index < -0.39 is 11.5 Å². The molecule has 0 aliphatic rings. The minimum Gasteiger partial charge on any atom is -0.422 e. The van der Waals surface area contributed by atoms with Crippen LogP contribution in [0.3, 0.4) is 0 Å². The van der Waals surface area contributed by atoms with Crippen molar-refractivity contribution in [2.24, 2.45) is 0 Å². The second-order valence-electron chi connectivity index (χ2n) is 7.08. The maximum Gasteiger partial charge on any atom is 0.349 e. The molecular weight excluding hydrogens is 469 g/mol. The number of hydrogen-bond acceptors (Lipinski definition) is 6. The van der Waals surface area contributed by atoms with E-state index in [0.29, 0.717) is 34.2 Å². The van der Waals surface area contributed by atoms with E-state index in [4.69, 9.17) is 16.0 Å². The smallest absolute Gasteiger partial charge is 0.349 e. The van der Waals surface area contributed by atoms with Crippen LogP contribution in [0.15, 0.2) is 57.7 Å². The topological polar surface area (TPSA) is 66.7 Å². The zero-order chi connectivity index (χ0) is 22.0. The molecule has 0 N–H and O–H groups in total. The summed E-state index contributed by atoms with van der Waals surface area (Å²) < 4.78 is 6.28. The Kier molecular flexibility index (Phi) is 7.90. The van der Waals surface area contributed by atoms with Crippen molar-refractivity contribution in [3.05, 3.63) is 69.5 Å². The summed E-state index contributed by atoms with van der Waals surface area (Å²) >= 11 is 7.50. The van der Waals surface area contributed by atoms with Gasteiger partial charge in [-0.3, -0.25) is 9.69 Å². The van der Waals surface area contributed by atoms with E-state index in [1.54, 1.807) is 29.2 Å². The van der Waals surface area contributed by atoms with Crippen LogP contribution in [0.2, 0.25) is 5.02 Å². The largest absolute Gasteiger partial charge is 0.422 e. The van der Waals surface area contributed by atoms with Gasteiger partial charge in [-0.25, -0.2) is 9.78 Å². The number of anilines is 1. The van der Waals surface area contributed by atoms with Crippen LogP contribution < -0.4 is 10.5 Å². The van der Waals surface area contributed by atoms with Crippen molar-refractivity contribution in [3.8, 4) is 0 Å². The number of amides is 1. The predicted octanol–water partition coefficient (Wildman–Crippen LogP) is 5.47. The summed E-state index contributed by atoms with van der Waals surface area (Å²) in [5, 5.41) is 1.84. The van der Waals surface area contributed by atoms with E-state index in [1.807, 2.05) is 24.3 Å². The van der Waals surface area contributed by atoms with Crippen LogP contribution >= 0.6 is 35.3 Å². The maximum absolute atomic E-state index is 13.5. The van der Waals surface area contributed by atoms with Gasteiger partial charge in [0.25, 0.3) is 5.91 Å². The molecule has 0 unspecified atom stereocenters. The van der Waals surface area contributed by atoms with Gasteiger partial charge in [-0.15, -0.1) is 12.4 Å². The van der Waals surface area contributed by atoms with Crippen LogP contribution in [0, 0.1) is 0 Å². The van der Waals surface area contributed by atoms with E-state index in [0.717, 1.165) is 23.3 Å². The van der Waals surface area contributed by atoms with Crippen LogP contribution in [-0.2, 0) is 0 Å². The molecule has 0 aliphatic carbocycles. The van der Waals surface area contributed by atoms with Crippen molar-refractivity contribution >= 4 is 67.6 Å². The fourth-order valence-corrected chi connectivity index (χ4v) is 4.69. The minimum atomic E-state index is -0.652. The van der Waals surface area contributed by atoms with Crippen molar-refractivity contribution in [3.63, 3.8) is 0 Å². The highest BCUT2D eigenvalue weighted by Gasteiger charge is 2.25. The van der Waals surface area contributed by atoms with Gasteiger partial charge < -0.3 is 9.32 Å². The standard InChI is InChI=1S/C23H22ClN3O3S.ClH/c1-3-26(4-2)11-12-27(23-25-18-10-9-16(24)14-20(18)31-23)21(28)17-13-15-7-5-6-8-19(15)30-22(17)29;/h5-10,13-14H,3-4,11-12H2,1-2H3;1H. The summed E-state index contributed by atoms with van der Waals surface area (Å²) in [5.41, 5.74) is 0.556. The van der Waals surface area contributed by atoms with Crippen molar-refractivity contribution in [1.29, 1.82) is 0 Å². The molecule has 4 aromatic rings. The van der Waals surface area contributed by atoms with Gasteiger partial charge in [0.1, 0.15) is 11.1 Å². The Balaban J connectivity index is 0.00000289. The average Bonchev–Trinajstić information content (AvgIpc) is 3.18. The second kappa shape index (κ2) is 10.4.